The van der Waals surface area contributed by atoms with Gasteiger partial charge >= 0.3 is 0 Å². The number of rotatable bonds is 7. The number of aromatic nitrogens is 2. The van der Waals surface area contributed by atoms with E-state index in [-0.39, 0.29) is 11.7 Å². The van der Waals surface area contributed by atoms with Gasteiger partial charge in [-0.2, -0.15) is 5.10 Å². The lowest BCUT2D eigenvalue weighted by Gasteiger charge is -2.06. The predicted molar refractivity (Wildman–Crippen MR) is 102 cm³/mol. The fourth-order valence-corrected chi connectivity index (χ4v) is 2.96. The number of methoxy groups -OCH3 is 2. The fraction of sp³-hybridized carbons (Fsp3) is 0.167. The molecule has 2 aromatic carbocycles. The van der Waals surface area contributed by atoms with Gasteiger partial charge in [0, 0.05) is 5.56 Å². The summed E-state index contributed by atoms with van der Waals surface area (Å²) in [6.45, 7) is 0. The maximum absolute atomic E-state index is 12.0. The third-order valence-electron chi connectivity index (χ3n) is 3.54. The minimum absolute atomic E-state index is 0.201. The Balaban J connectivity index is 1.56. The molecule has 26 heavy (non-hydrogen) atoms. The van der Waals surface area contributed by atoms with Crippen molar-refractivity contribution in [2.24, 2.45) is 5.10 Å². The first kappa shape index (κ1) is 17.8. The zero-order chi connectivity index (χ0) is 18.4. The number of nitrogens with zero attached hydrogens (tertiary/aromatic N) is 2. The number of hydrogen-bond acceptors (Lipinski definition) is 6. The van der Waals surface area contributed by atoms with Crippen molar-refractivity contribution in [2.45, 2.75) is 5.16 Å². The van der Waals surface area contributed by atoms with Gasteiger partial charge in [-0.25, -0.2) is 10.4 Å². The van der Waals surface area contributed by atoms with Crippen molar-refractivity contribution in [3.05, 3.63) is 48.0 Å². The molecule has 0 saturated heterocycles. The summed E-state index contributed by atoms with van der Waals surface area (Å²) in [5, 5.41) is 4.67. The third kappa shape index (κ3) is 4.34. The normalized spacial score (nSPS) is 11.0. The fourth-order valence-electron chi connectivity index (χ4n) is 2.28. The molecule has 134 valence electrons. The van der Waals surface area contributed by atoms with Crippen molar-refractivity contribution in [1.82, 2.24) is 15.4 Å². The van der Waals surface area contributed by atoms with Gasteiger partial charge in [-0.1, -0.05) is 23.9 Å². The number of imidazole rings is 1. The maximum atomic E-state index is 12.0. The van der Waals surface area contributed by atoms with Crippen LogP contribution < -0.4 is 14.9 Å². The molecule has 2 N–H and O–H groups in total. The first-order valence-electron chi connectivity index (χ1n) is 7.81. The van der Waals surface area contributed by atoms with Crippen LogP contribution in [0.5, 0.6) is 11.5 Å². The Labute approximate surface area is 154 Å². The molecule has 0 bridgehead atoms. The summed E-state index contributed by atoms with van der Waals surface area (Å²) in [5.41, 5.74) is 5.02. The maximum Gasteiger partial charge on any atom is 0.250 e. The monoisotopic (exact) mass is 370 g/mol. The van der Waals surface area contributed by atoms with E-state index in [4.69, 9.17) is 9.47 Å². The zero-order valence-electron chi connectivity index (χ0n) is 14.4. The summed E-state index contributed by atoms with van der Waals surface area (Å²) in [5.74, 6) is 1.29. The van der Waals surface area contributed by atoms with E-state index in [9.17, 15) is 4.79 Å². The quantitative estimate of drug-likeness (QED) is 0.379. The molecule has 1 aromatic heterocycles. The third-order valence-corrected chi connectivity index (χ3v) is 4.41. The second kappa shape index (κ2) is 8.39. The van der Waals surface area contributed by atoms with Gasteiger partial charge in [-0.05, 0) is 30.3 Å². The molecule has 3 rings (SSSR count). The van der Waals surface area contributed by atoms with E-state index in [1.807, 2.05) is 24.3 Å². The molecule has 1 amide bonds. The smallest absolute Gasteiger partial charge is 0.250 e. The number of nitrogens with one attached hydrogen (secondary N) is 2. The molecular weight excluding hydrogens is 352 g/mol. The molecule has 0 aliphatic heterocycles. The molecule has 0 unspecified atom stereocenters. The van der Waals surface area contributed by atoms with Crippen LogP contribution in [0.3, 0.4) is 0 Å². The standard InChI is InChI=1S/C18H18N4O3S/c1-24-13-7-8-16(25-2)12(9-13)10-19-22-17(23)11-26-18-20-14-5-3-4-6-15(14)21-18/h3-10H,11H2,1-2H3,(H,20,21)(H,22,23). The highest BCUT2D eigenvalue weighted by Gasteiger charge is 2.07. The number of carbonyl (C=O) groups is 1. The molecular formula is C18H18N4O3S. The first-order chi connectivity index (χ1) is 12.7. The van der Waals surface area contributed by atoms with Gasteiger partial charge in [0.05, 0.1) is 37.2 Å². The predicted octanol–water partition coefficient (Wildman–Crippen LogP) is 2.82. The molecule has 7 nitrogen and oxygen atoms in total. The van der Waals surface area contributed by atoms with Gasteiger partial charge in [-0.15, -0.1) is 0 Å². The molecule has 0 radical (unpaired) electrons. The van der Waals surface area contributed by atoms with E-state index in [1.165, 1.54) is 18.0 Å². The van der Waals surface area contributed by atoms with Crippen LogP contribution in [0.4, 0.5) is 0 Å². The van der Waals surface area contributed by atoms with E-state index in [0.29, 0.717) is 22.2 Å². The van der Waals surface area contributed by atoms with Crippen LogP contribution >= 0.6 is 11.8 Å². The van der Waals surface area contributed by atoms with Crippen LogP contribution in [0.2, 0.25) is 0 Å². The van der Waals surface area contributed by atoms with Crippen molar-refractivity contribution in [1.29, 1.82) is 0 Å². The average molecular weight is 370 g/mol. The molecule has 0 spiro atoms. The van der Waals surface area contributed by atoms with Crippen molar-refractivity contribution in [3.8, 4) is 11.5 Å². The first-order valence-corrected chi connectivity index (χ1v) is 8.79. The number of amides is 1. The van der Waals surface area contributed by atoms with Crippen LogP contribution in [0.1, 0.15) is 5.56 Å². The number of para-hydroxylation sites is 2. The summed E-state index contributed by atoms with van der Waals surface area (Å²) in [6.07, 6.45) is 1.52. The lowest BCUT2D eigenvalue weighted by atomic mass is 10.2. The highest BCUT2D eigenvalue weighted by Crippen LogP contribution is 2.22. The van der Waals surface area contributed by atoms with E-state index in [2.05, 4.69) is 20.5 Å². The highest BCUT2D eigenvalue weighted by molar-refractivity contribution is 7.99. The Hall–Kier alpha value is -3.00. The topological polar surface area (TPSA) is 88.6 Å². The van der Waals surface area contributed by atoms with Crippen molar-refractivity contribution in [3.63, 3.8) is 0 Å². The number of fused-ring (bicyclic) bond motifs is 1. The molecule has 0 fully saturated rings. The van der Waals surface area contributed by atoms with Gasteiger partial charge in [-0.3, -0.25) is 4.79 Å². The van der Waals surface area contributed by atoms with E-state index in [0.717, 1.165) is 11.0 Å². The summed E-state index contributed by atoms with van der Waals surface area (Å²) in [6, 6.07) is 13.1. The Morgan fingerprint density at radius 2 is 2.12 bits per heavy atom. The van der Waals surface area contributed by atoms with Crippen LogP contribution in [0.15, 0.2) is 52.7 Å². The van der Waals surface area contributed by atoms with E-state index < -0.39 is 0 Å². The Bertz CT molecular complexity index is 906. The van der Waals surface area contributed by atoms with Gasteiger partial charge in [0.2, 0.25) is 0 Å². The van der Waals surface area contributed by atoms with Gasteiger partial charge in [0.15, 0.2) is 5.16 Å². The minimum atomic E-state index is -0.228. The molecule has 8 heteroatoms. The number of H-pyrrole nitrogens is 1. The summed E-state index contributed by atoms with van der Waals surface area (Å²) < 4.78 is 10.4. The molecule has 0 aliphatic carbocycles. The Morgan fingerprint density at radius 3 is 2.88 bits per heavy atom. The largest absolute Gasteiger partial charge is 0.497 e. The van der Waals surface area contributed by atoms with Crippen LogP contribution in [-0.2, 0) is 4.79 Å². The number of aromatic amines is 1. The lowest BCUT2D eigenvalue weighted by Crippen LogP contribution is -2.19. The number of thioether (sulfide) groups is 1. The van der Waals surface area contributed by atoms with Crippen LogP contribution in [0, 0.1) is 0 Å². The number of benzene rings is 2. The summed E-state index contributed by atoms with van der Waals surface area (Å²) in [7, 11) is 3.15. The number of hydrogen-bond donors (Lipinski definition) is 2. The minimum Gasteiger partial charge on any atom is -0.497 e. The number of ether oxygens (including phenoxy) is 2. The van der Waals surface area contributed by atoms with Crippen molar-refractivity contribution in [2.75, 3.05) is 20.0 Å². The molecule has 0 saturated carbocycles. The molecule has 3 aromatic rings. The van der Waals surface area contributed by atoms with Crippen molar-refractivity contribution >= 4 is 34.9 Å². The van der Waals surface area contributed by atoms with Gasteiger partial charge in [0.1, 0.15) is 11.5 Å². The van der Waals surface area contributed by atoms with E-state index >= 15 is 0 Å². The number of carbonyl (C=O) groups excluding carboxylic acids is 1. The van der Waals surface area contributed by atoms with Gasteiger partial charge < -0.3 is 14.5 Å². The highest BCUT2D eigenvalue weighted by atomic mass is 32.2. The van der Waals surface area contributed by atoms with Crippen LogP contribution in [-0.4, -0.2) is 42.1 Å². The second-order valence-corrected chi connectivity index (χ2v) is 6.21. The lowest BCUT2D eigenvalue weighted by molar-refractivity contribution is -0.118. The Morgan fingerprint density at radius 1 is 1.27 bits per heavy atom. The average Bonchev–Trinajstić information content (AvgIpc) is 3.09. The van der Waals surface area contributed by atoms with E-state index in [1.54, 1.807) is 32.4 Å². The van der Waals surface area contributed by atoms with Crippen LogP contribution in [0.25, 0.3) is 11.0 Å². The summed E-state index contributed by atoms with van der Waals surface area (Å²) in [4.78, 5) is 19.5. The van der Waals surface area contributed by atoms with Crippen molar-refractivity contribution < 1.29 is 14.3 Å². The van der Waals surface area contributed by atoms with Gasteiger partial charge in [0.25, 0.3) is 5.91 Å². The number of hydrazone groups is 1. The SMILES string of the molecule is COc1ccc(OC)c(C=NNC(=O)CSc2nc3ccccc3[nH]2)c1. The molecule has 1 heterocycles. The molecule has 0 aliphatic rings. The zero-order valence-corrected chi connectivity index (χ0v) is 15.2. The second-order valence-electron chi connectivity index (χ2n) is 5.25. The Kier molecular flexibility index (Phi) is 5.75. The molecule has 0 atom stereocenters. The summed E-state index contributed by atoms with van der Waals surface area (Å²) >= 11 is 1.32.